The molecule has 122 valence electrons. The van der Waals surface area contributed by atoms with Gasteiger partial charge in [0, 0.05) is 18.7 Å². The van der Waals surface area contributed by atoms with Crippen LogP contribution in [-0.4, -0.2) is 37.9 Å². The maximum absolute atomic E-state index is 12.8. The lowest BCUT2D eigenvalue weighted by Gasteiger charge is -2.32. The predicted octanol–water partition coefficient (Wildman–Crippen LogP) is 1.75. The molecule has 2 rings (SSSR count). The minimum absolute atomic E-state index is 0.0481. The van der Waals surface area contributed by atoms with E-state index in [0.29, 0.717) is 0 Å². The highest BCUT2D eigenvalue weighted by molar-refractivity contribution is 7.89. The van der Waals surface area contributed by atoms with E-state index in [1.807, 2.05) is 0 Å². The molecule has 1 saturated heterocycles. The van der Waals surface area contributed by atoms with E-state index < -0.39 is 34.6 Å². The van der Waals surface area contributed by atoms with Crippen molar-refractivity contribution in [1.29, 1.82) is 0 Å². The molecular weight excluding hydrogens is 321 g/mol. The van der Waals surface area contributed by atoms with Crippen molar-refractivity contribution in [2.45, 2.75) is 23.9 Å². The number of nitrogens with two attached hydrogens (primary N) is 1. The number of piperidine rings is 1. The summed E-state index contributed by atoms with van der Waals surface area (Å²) in [4.78, 5) is 10.8. The van der Waals surface area contributed by atoms with E-state index in [0.717, 1.165) is 4.31 Å². The van der Waals surface area contributed by atoms with E-state index in [-0.39, 0.29) is 29.8 Å². The number of primary amides is 1. The molecule has 0 bridgehead atoms. The first kappa shape index (κ1) is 16.8. The first-order valence-corrected chi connectivity index (χ1v) is 8.03. The van der Waals surface area contributed by atoms with E-state index in [1.165, 1.54) is 24.3 Å². The van der Waals surface area contributed by atoms with Crippen molar-refractivity contribution in [3.05, 3.63) is 29.8 Å². The van der Waals surface area contributed by atoms with Crippen LogP contribution in [0.25, 0.3) is 0 Å². The van der Waals surface area contributed by atoms with E-state index in [2.05, 4.69) is 0 Å². The van der Waals surface area contributed by atoms with Gasteiger partial charge in [-0.1, -0.05) is 0 Å². The lowest BCUT2D eigenvalue weighted by atomic mass is 9.99. The molecule has 0 aliphatic carbocycles. The zero-order valence-electron chi connectivity index (χ0n) is 11.5. The molecule has 0 radical (unpaired) electrons. The first-order valence-electron chi connectivity index (χ1n) is 6.59. The number of hydrogen-bond donors (Lipinski definition) is 1. The molecule has 5 nitrogen and oxygen atoms in total. The van der Waals surface area contributed by atoms with Gasteiger partial charge in [0.1, 0.15) is 0 Å². The highest BCUT2D eigenvalue weighted by atomic mass is 32.2. The third-order valence-electron chi connectivity index (χ3n) is 3.62. The number of benzene rings is 1. The summed E-state index contributed by atoms with van der Waals surface area (Å²) in [7, 11) is -4.02. The van der Waals surface area contributed by atoms with Crippen molar-refractivity contribution < 1.29 is 26.4 Å². The number of nitrogens with zero attached hydrogens (tertiary/aromatic N) is 1. The van der Waals surface area contributed by atoms with Crippen LogP contribution >= 0.6 is 0 Å². The van der Waals surface area contributed by atoms with Crippen LogP contribution in [0.2, 0.25) is 0 Å². The minimum Gasteiger partial charge on any atom is -0.366 e. The first-order chi connectivity index (χ1) is 10.1. The Morgan fingerprint density at radius 1 is 1.23 bits per heavy atom. The quantitative estimate of drug-likeness (QED) is 0.913. The summed E-state index contributed by atoms with van der Waals surface area (Å²) in [6.45, 7) is -0.532. The van der Waals surface area contributed by atoms with Crippen LogP contribution < -0.4 is 5.73 Å². The fourth-order valence-electron chi connectivity index (χ4n) is 2.37. The normalized spacial score (nSPS) is 20.8. The Morgan fingerprint density at radius 2 is 1.82 bits per heavy atom. The van der Waals surface area contributed by atoms with Crippen LogP contribution in [0.4, 0.5) is 13.2 Å². The molecule has 0 unspecified atom stereocenters. The zero-order chi connectivity index (χ0) is 16.5. The zero-order valence-corrected chi connectivity index (χ0v) is 12.3. The maximum Gasteiger partial charge on any atom is 0.393 e. The summed E-state index contributed by atoms with van der Waals surface area (Å²) in [5.74, 6) is -2.36. The van der Waals surface area contributed by atoms with Crippen LogP contribution in [0.15, 0.2) is 29.2 Å². The van der Waals surface area contributed by atoms with Gasteiger partial charge in [-0.15, -0.1) is 0 Å². The number of hydrogen-bond acceptors (Lipinski definition) is 3. The van der Waals surface area contributed by atoms with Gasteiger partial charge in [0.05, 0.1) is 10.8 Å². The molecule has 1 aliphatic rings. The second-order valence-corrected chi connectivity index (χ2v) is 7.07. The smallest absolute Gasteiger partial charge is 0.366 e. The Bertz CT molecular complexity index is 656. The lowest BCUT2D eigenvalue weighted by molar-refractivity contribution is -0.182. The Labute approximate surface area is 125 Å². The Balaban J connectivity index is 2.24. The monoisotopic (exact) mass is 336 g/mol. The van der Waals surface area contributed by atoms with Gasteiger partial charge in [-0.05, 0) is 37.1 Å². The molecular formula is C13H15F3N2O3S. The third-order valence-corrected chi connectivity index (χ3v) is 5.50. The number of carbonyl (C=O) groups excluding carboxylic acids is 1. The van der Waals surface area contributed by atoms with Gasteiger partial charge < -0.3 is 5.73 Å². The number of rotatable bonds is 3. The average Bonchev–Trinajstić information content (AvgIpc) is 2.46. The Morgan fingerprint density at radius 3 is 2.32 bits per heavy atom. The molecule has 1 amide bonds. The second kappa shape index (κ2) is 5.88. The lowest BCUT2D eigenvalue weighted by Crippen LogP contribution is -2.44. The van der Waals surface area contributed by atoms with Crippen molar-refractivity contribution in [2.24, 2.45) is 11.7 Å². The summed E-state index contributed by atoms with van der Waals surface area (Å²) in [6, 6.07) is 4.82. The largest absolute Gasteiger partial charge is 0.393 e. The van der Waals surface area contributed by atoms with Crippen molar-refractivity contribution in [3.8, 4) is 0 Å². The highest BCUT2D eigenvalue weighted by Crippen LogP contribution is 2.34. The third kappa shape index (κ3) is 3.41. The van der Waals surface area contributed by atoms with E-state index in [1.54, 1.807) is 0 Å². The van der Waals surface area contributed by atoms with Crippen LogP contribution in [-0.2, 0) is 10.0 Å². The molecule has 2 N–H and O–H groups in total. The predicted molar refractivity (Wildman–Crippen MR) is 72.5 cm³/mol. The highest BCUT2D eigenvalue weighted by Gasteiger charge is 2.44. The fourth-order valence-corrected chi connectivity index (χ4v) is 3.89. The SMILES string of the molecule is NC(=O)c1ccc(S(=O)(=O)N2CCC[C@H](C(F)(F)F)C2)cc1. The van der Waals surface area contributed by atoms with Gasteiger partial charge in [-0.25, -0.2) is 8.42 Å². The summed E-state index contributed by atoms with van der Waals surface area (Å²) in [5.41, 5.74) is 5.19. The molecule has 1 atom stereocenters. The van der Waals surface area contributed by atoms with Crippen LogP contribution in [0, 0.1) is 5.92 Å². The number of amides is 1. The van der Waals surface area contributed by atoms with Crippen molar-refractivity contribution in [2.75, 3.05) is 13.1 Å². The van der Waals surface area contributed by atoms with Crippen molar-refractivity contribution >= 4 is 15.9 Å². The van der Waals surface area contributed by atoms with Gasteiger partial charge in [0.25, 0.3) is 0 Å². The maximum atomic E-state index is 12.8. The Kier molecular flexibility index (Phi) is 4.48. The molecule has 22 heavy (non-hydrogen) atoms. The second-order valence-electron chi connectivity index (χ2n) is 5.13. The number of sulfonamides is 1. The molecule has 0 spiro atoms. The summed E-state index contributed by atoms with van der Waals surface area (Å²) < 4.78 is 63.9. The average molecular weight is 336 g/mol. The molecule has 0 aromatic heterocycles. The van der Waals surface area contributed by atoms with Crippen molar-refractivity contribution in [3.63, 3.8) is 0 Å². The summed E-state index contributed by atoms with van der Waals surface area (Å²) >= 11 is 0. The molecule has 1 aromatic rings. The molecule has 0 saturated carbocycles. The van der Waals surface area contributed by atoms with Gasteiger partial charge >= 0.3 is 6.18 Å². The van der Waals surface area contributed by atoms with Gasteiger partial charge in [-0.2, -0.15) is 17.5 Å². The van der Waals surface area contributed by atoms with E-state index >= 15 is 0 Å². The van der Waals surface area contributed by atoms with Gasteiger partial charge in [0.15, 0.2) is 0 Å². The van der Waals surface area contributed by atoms with Gasteiger partial charge in [0.2, 0.25) is 15.9 Å². The van der Waals surface area contributed by atoms with E-state index in [9.17, 15) is 26.4 Å². The van der Waals surface area contributed by atoms with Crippen LogP contribution in [0.5, 0.6) is 0 Å². The number of halogens is 3. The summed E-state index contributed by atoms with van der Waals surface area (Å²) in [5, 5.41) is 0. The van der Waals surface area contributed by atoms with Gasteiger partial charge in [-0.3, -0.25) is 4.79 Å². The molecule has 1 aromatic carbocycles. The molecule has 1 heterocycles. The van der Waals surface area contributed by atoms with Crippen molar-refractivity contribution in [1.82, 2.24) is 4.31 Å². The molecule has 9 heteroatoms. The van der Waals surface area contributed by atoms with Crippen LogP contribution in [0.1, 0.15) is 23.2 Å². The topological polar surface area (TPSA) is 80.5 Å². The number of alkyl halides is 3. The minimum atomic E-state index is -4.41. The van der Waals surface area contributed by atoms with Crippen LogP contribution in [0.3, 0.4) is 0 Å². The number of carbonyl (C=O) groups is 1. The Hall–Kier alpha value is -1.61. The molecule has 1 fully saturated rings. The standard InChI is InChI=1S/C13H15F3N2O3S/c14-13(15,16)10-2-1-7-18(8-10)22(20,21)11-5-3-9(4-6-11)12(17)19/h3-6,10H,1-2,7-8H2,(H2,17,19)/t10-/m0/s1. The van der Waals surface area contributed by atoms with E-state index in [4.69, 9.17) is 5.73 Å². The summed E-state index contributed by atoms with van der Waals surface area (Å²) in [6.07, 6.45) is -4.33. The fraction of sp³-hybridized carbons (Fsp3) is 0.462. The molecule has 1 aliphatic heterocycles.